The summed E-state index contributed by atoms with van der Waals surface area (Å²) in [5, 5.41) is 3.03. The lowest BCUT2D eigenvalue weighted by Crippen LogP contribution is -2.51. The van der Waals surface area contributed by atoms with Crippen LogP contribution in [-0.2, 0) is 13.0 Å². The van der Waals surface area contributed by atoms with Crippen LogP contribution in [0.1, 0.15) is 11.1 Å². The Hall–Kier alpha value is -2.53. The van der Waals surface area contributed by atoms with Gasteiger partial charge in [0, 0.05) is 39.3 Å². The van der Waals surface area contributed by atoms with Gasteiger partial charge in [-0.05, 0) is 29.7 Å². The van der Waals surface area contributed by atoms with Gasteiger partial charge in [0.1, 0.15) is 5.75 Å². The van der Waals surface area contributed by atoms with Gasteiger partial charge in [0.2, 0.25) is 0 Å². The summed E-state index contributed by atoms with van der Waals surface area (Å²) in [5.74, 6) is 0.853. The van der Waals surface area contributed by atoms with Crippen LogP contribution in [0, 0.1) is 0 Å². The summed E-state index contributed by atoms with van der Waals surface area (Å²) < 4.78 is 5.16. The number of methoxy groups -OCH3 is 1. The minimum atomic E-state index is 0.0397. The summed E-state index contributed by atoms with van der Waals surface area (Å²) >= 11 is 0. The zero-order chi connectivity index (χ0) is 18.2. The highest BCUT2D eigenvalue weighted by Crippen LogP contribution is 2.11. The summed E-state index contributed by atoms with van der Waals surface area (Å²) in [6, 6.07) is 18.5. The lowest BCUT2D eigenvalue weighted by Gasteiger charge is -2.34. The molecular formula is C21H27N3O2. The van der Waals surface area contributed by atoms with E-state index in [0.29, 0.717) is 6.54 Å². The molecule has 2 aromatic rings. The van der Waals surface area contributed by atoms with Crippen LogP contribution in [0.15, 0.2) is 54.6 Å². The van der Waals surface area contributed by atoms with Crippen LogP contribution in [0.3, 0.4) is 0 Å². The molecule has 0 aliphatic carbocycles. The smallest absolute Gasteiger partial charge is 0.317 e. The zero-order valence-corrected chi connectivity index (χ0v) is 15.4. The Morgan fingerprint density at radius 3 is 2.31 bits per heavy atom. The van der Waals surface area contributed by atoms with Crippen molar-refractivity contribution in [1.29, 1.82) is 0 Å². The van der Waals surface area contributed by atoms with E-state index in [-0.39, 0.29) is 6.03 Å². The van der Waals surface area contributed by atoms with E-state index in [9.17, 15) is 4.79 Å². The number of hydrogen-bond acceptors (Lipinski definition) is 3. The van der Waals surface area contributed by atoms with Gasteiger partial charge in [0.25, 0.3) is 0 Å². The summed E-state index contributed by atoms with van der Waals surface area (Å²) in [4.78, 5) is 16.6. The second kappa shape index (κ2) is 9.25. The van der Waals surface area contributed by atoms with Crippen molar-refractivity contribution in [1.82, 2.24) is 15.1 Å². The van der Waals surface area contributed by atoms with Crippen LogP contribution in [0.5, 0.6) is 5.75 Å². The molecule has 2 aromatic carbocycles. The second-order valence-electron chi connectivity index (χ2n) is 6.58. The first-order valence-corrected chi connectivity index (χ1v) is 9.16. The standard InChI is InChI=1S/C21H27N3O2/c1-26-20-9-7-18(8-10-20)11-12-22-21(25)24-15-13-23(14-16-24)17-19-5-3-2-4-6-19/h2-10H,11-17H2,1H3,(H,22,25). The number of carbonyl (C=O) groups excluding carboxylic acids is 1. The third-order valence-corrected chi connectivity index (χ3v) is 4.76. The first-order chi connectivity index (χ1) is 12.7. The number of urea groups is 1. The van der Waals surface area contributed by atoms with E-state index in [1.54, 1.807) is 7.11 Å². The maximum atomic E-state index is 12.3. The first kappa shape index (κ1) is 18.3. The third-order valence-electron chi connectivity index (χ3n) is 4.76. The average Bonchev–Trinajstić information content (AvgIpc) is 2.70. The van der Waals surface area contributed by atoms with Crippen molar-refractivity contribution in [3.05, 3.63) is 65.7 Å². The Balaban J connectivity index is 1.36. The Morgan fingerprint density at radius 1 is 0.962 bits per heavy atom. The average molecular weight is 353 g/mol. The molecule has 3 rings (SSSR count). The number of hydrogen-bond donors (Lipinski definition) is 1. The SMILES string of the molecule is COc1ccc(CCNC(=O)N2CCN(Cc3ccccc3)CC2)cc1. The Morgan fingerprint density at radius 2 is 1.65 bits per heavy atom. The summed E-state index contributed by atoms with van der Waals surface area (Å²) in [6.07, 6.45) is 0.823. The summed E-state index contributed by atoms with van der Waals surface area (Å²) in [7, 11) is 1.66. The van der Waals surface area contributed by atoms with Gasteiger partial charge in [-0.1, -0.05) is 42.5 Å². The number of piperazine rings is 1. The van der Waals surface area contributed by atoms with E-state index >= 15 is 0 Å². The number of amides is 2. The number of rotatable bonds is 6. The molecule has 5 heteroatoms. The molecule has 0 saturated carbocycles. The van der Waals surface area contributed by atoms with Crippen LogP contribution in [0.2, 0.25) is 0 Å². The van der Waals surface area contributed by atoms with Crippen molar-refractivity contribution in [2.75, 3.05) is 39.8 Å². The Labute approximate surface area is 155 Å². The molecule has 0 unspecified atom stereocenters. The van der Waals surface area contributed by atoms with E-state index in [1.807, 2.05) is 35.2 Å². The maximum absolute atomic E-state index is 12.3. The highest BCUT2D eigenvalue weighted by molar-refractivity contribution is 5.74. The molecule has 1 heterocycles. The van der Waals surface area contributed by atoms with Gasteiger partial charge in [-0.25, -0.2) is 4.79 Å². The zero-order valence-electron chi connectivity index (χ0n) is 15.4. The van der Waals surface area contributed by atoms with Gasteiger partial charge in [0.15, 0.2) is 0 Å². The number of ether oxygens (including phenoxy) is 1. The van der Waals surface area contributed by atoms with Crippen molar-refractivity contribution in [3.63, 3.8) is 0 Å². The van der Waals surface area contributed by atoms with Crippen molar-refractivity contribution in [2.45, 2.75) is 13.0 Å². The minimum Gasteiger partial charge on any atom is -0.497 e. The number of carbonyl (C=O) groups is 1. The van der Waals surface area contributed by atoms with Crippen molar-refractivity contribution < 1.29 is 9.53 Å². The highest BCUT2D eigenvalue weighted by Gasteiger charge is 2.20. The summed E-state index contributed by atoms with van der Waals surface area (Å²) in [6.45, 7) is 4.99. The van der Waals surface area contributed by atoms with Gasteiger partial charge in [-0.2, -0.15) is 0 Å². The number of nitrogens with one attached hydrogen (secondary N) is 1. The Kier molecular flexibility index (Phi) is 6.50. The minimum absolute atomic E-state index is 0.0397. The van der Waals surface area contributed by atoms with Gasteiger partial charge >= 0.3 is 6.03 Å². The fraction of sp³-hybridized carbons (Fsp3) is 0.381. The fourth-order valence-electron chi connectivity index (χ4n) is 3.17. The van der Waals surface area contributed by atoms with Crippen LogP contribution in [0.25, 0.3) is 0 Å². The molecular weight excluding hydrogens is 326 g/mol. The predicted molar refractivity (Wildman–Crippen MR) is 103 cm³/mol. The largest absolute Gasteiger partial charge is 0.497 e. The van der Waals surface area contributed by atoms with Crippen LogP contribution in [0.4, 0.5) is 4.79 Å². The second-order valence-corrected chi connectivity index (χ2v) is 6.58. The number of nitrogens with zero attached hydrogens (tertiary/aromatic N) is 2. The van der Waals surface area contributed by atoms with Gasteiger partial charge < -0.3 is 15.0 Å². The van der Waals surface area contributed by atoms with Gasteiger partial charge in [-0.3, -0.25) is 4.90 Å². The third kappa shape index (κ3) is 5.23. The van der Waals surface area contributed by atoms with E-state index in [0.717, 1.165) is 44.9 Å². The monoisotopic (exact) mass is 353 g/mol. The molecule has 2 amide bonds. The van der Waals surface area contributed by atoms with Crippen LogP contribution < -0.4 is 10.1 Å². The van der Waals surface area contributed by atoms with E-state index in [4.69, 9.17) is 4.74 Å². The molecule has 1 fully saturated rings. The Bertz CT molecular complexity index is 680. The molecule has 138 valence electrons. The van der Waals surface area contributed by atoms with E-state index in [2.05, 4.69) is 34.5 Å². The van der Waals surface area contributed by atoms with Crippen molar-refractivity contribution >= 4 is 6.03 Å². The highest BCUT2D eigenvalue weighted by atomic mass is 16.5. The molecule has 1 N–H and O–H groups in total. The molecule has 1 saturated heterocycles. The lowest BCUT2D eigenvalue weighted by atomic mass is 10.1. The van der Waals surface area contributed by atoms with Gasteiger partial charge in [-0.15, -0.1) is 0 Å². The molecule has 0 spiro atoms. The molecule has 1 aliphatic rings. The molecule has 26 heavy (non-hydrogen) atoms. The molecule has 0 bridgehead atoms. The normalized spacial score (nSPS) is 14.9. The van der Waals surface area contributed by atoms with Gasteiger partial charge in [0.05, 0.1) is 7.11 Å². The topological polar surface area (TPSA) is 44.8 Å². The van der Waals surface area contributed by atoms with Crippen LogP contribution in [-0.4, -0.2) is 55.7 Å². The van der Waals surface area contributed by atoms with Crippen molar-refractivity contribution in [2.24, 2.45) is 0 Å². The first-order valence-electron chi connectivity index (χ1n) is 9.16. The molecule has 5 nitrogen and oxygen atoms in total. The molecule has 0 atom stereocenters. The molecule has 0 aromatic heterocycles. The summed E-state index contributed by atoms with van der Waals surface area (Å²) in [5.41, 5.74) is 2.52. The van der Waals surface area contributed by atoms with Crippen molar-refractivity contribution in [3.8, 4) is 5.75 Å². The number of benzene rings is 2. The molecule has 0 radical (unpaired) electrons. The molecule has 1 aliphatic heterocycles. The quantitative estimate of drug-likeness (QED) is 0.869. The predicted octanol–water partition coefficient (Wildman–Crippen LogP) is 2.77. The van der Waals surface area contributed by atoms with Crippen LogP contribution >= 0.6 is 0 Å². The fourth-order valence-corrected chi connectivity index (χ4v) is 3.17. The lowest BCUT2D eigenvalue weighted by molar-refractivity contribution is 0.135. The van der Waals surface area contributed by atoms with E-state index in [1.165, 1.54) is 11.1 Å². The van der Waals surface area contributed by atoms with E-state index < -0.39 is 0 Å². The maximum Gasteiger partial charge on any atom is 0.317 e.